The van der Waals surface area contributed by atoms with Gasteiger partial charge in [-0.15, -0.1) is 5.73 Å². The van der Waals surface area contributed by atoms with Gasteiger partial charge in [-0.25, -0.2) is 0 Å². The highest BCUT2D eigenvalue weighted by Crippen LogP contribution is 2.33. The van der Waals surface area contributed by atoms with E-state index in [2.05, 4.69) is 29.8 Å². The molecule has 1 unspecified atom stereocenters. The molecule has 1 N–H and O–H groups in total. The molecule has 29 heavy (non-hydrogen) atoms. The first-order valence-corrected chi connectivity index (χ1v) is 9.82. The predicted molar refractivity (Wildman–Crippen MR) is 122 cm³/mol. The Kier molecular flexibility index (Phi) is 6.16. The maximum absolute atomic E-state index is 12.6. The molecule has 0 aliphatic rings. The molecule has 3 aromatic rings. The number of benzene rings is 3. The molecule has 0 fully saturated rings. The monoisotopic (exact) mass is 381 g/mol. The topological polar surface area (TPSA) is 29.1 Å². The highest BCUT2D eigenvalue weighted by Gasteiger charge is 2.24. The maximum Gasteiger partial charge on any atom is 0.168 e. The molecular weight excluding hydrogens is 354 g/mol. The smallest absolute Gasteiger partial charge is 0.168 e. The highest BCUT2D eigenvalue weighted by atomic mass is 16.1. The van der Waals surface area contributed by atoms with Gasteiger partial charge >= 0.3 is 0 Å². The second kappa shape index (κ2) is 8.77. The van der Waals surface area contributed by atoms with Crippen LogP contribution in [-0.2, 0) is 0 Å². The molecule has 3 aromatic carbocycles. The number of anilines is 1. The Balaban J connectivity index is 2.01. The van der Waals surface area contributed by atoms with E-state index < -0.39 is 5.41 Å². The summed E-state index contributed by atoms with van der Waals surface area (Å²) in [6.45, 7) is 9.77. The zero-order valence-corrected chi connectivity index (χ0v) is 17.3. The third kappa shape index (κ3) is 4.93. The summed E-state index contributed by atoms with van der Waals surface area (Å²) in [7, 11) is 0. The summed E-state index contributed by atoms with van der Waals surface area (Å²) < 4.78 is 0. The van der Waals surface area contributed by atoms with Crippen LogP contribution >= 0.6 is 0 Å². The van der Waals surface area contributed by atoms with Crippen LogP contribution in [0.25, 0.3) is 5.57 Å². The van der Waals surface area contributed by atoms with Crippen molar-refractivity contribution >= 4 is 17.0 Å². The minimum Gasteiger partial charge on any atom is -0.374 e. The molecule has 146 valence electrons. The lowest BCUT2D eigenvalue weighted by molar-refractivity contribution is 0.0858. The van der Waals surface area contributed by atoms with Crippen LogP contribution in [0.4, 0.5) is 5.69 Å². The average Bonchev–Trinajstić information content (AvgIpc) is 2.74. The van der Waals surface area contributed by atoms with Gasteiger partial charge in [-0.1, -0.05) is 100 Å². The molecule has 0 saturated carbocycles. The van der Waals surface area contributed by atoms with E-state index in [1.54, 1.807) is 0 Å². The number of carbonyl (C=O) groups excluding carboxylic acids is 1. The molecule has 0 aliphatic carbocycles. The van der Waals surface area contributed by atoms with Crippen molar-refractivity contribution in [1.29, 1.82) is 0 Å². The highest BCUT2D eigenvalue weighted by molar-refractivity contribution is 5.99. The normalized spacial score (nSPS) is 12.0. The van der Waals surface area contributed by atoms with Crippen LogP contribution in [0, 0.1) is 5.41 Å². The third-order valence-electron chi connectivity index (χ3n) is 4.84. The Morgan fingerprint density at radius 3 is 1.90 bits per heavy atom. The Hall–Kier alpha value is -3.35. The molecule has 0 aliphatic heterocycles. The standard InChI is InChI=1S/C27H27NO/c1-5-24(20-12-8-6-9-13-20)25(28-23-14-10-7-11-15-23)21-16-18-22(19-17-21)26(29)27(2,3)4/h6-19,25,28H,1H2,2-4H3. The molecule has 2 heteroatoms. The number of rotatable bonds is 6. The van der Waals surface area contributed by atoms with Crippen molar-refractivity contribution in [2.45, 2.75) is 26.8 Å². The van der Waals surface area contributed by atoms with Crippen molar-refractivity contribution in [2.75, 3.05) is 5.32 Å². The van der Waals surface area contributed by atoms with E-state index in [1.807, 2.05) is 93.6 Å². The van der Waals surface area contributed by atoms with Gasteiger partial charge in [0.1, 0.15) is 0 Å². The lowest BCUT2D eigenvalue weighted by Gasteiger charge is -2.23. The lowest BCUT2D eigenvalue weighted by Crippen LogP contribution is -2.20. The number of hydrogen-bond donors (Lipinski definition) is 1. The van der Waals surface area contributed by atoms with Crippen LogP contribution in [0.5, 0.6) is 0 Å². The first kappa shape index (κ1) is 20.4. The van der Waals surface area contributed by atoms with E-state index in [-0.39, 0.29) is 11.8 Å². The van der Waals surface area contributed by atoms with Gasteiger partial charge in [-0.2, -0.15) is 0 Å². The quantitative estimate of drug-likeness (QED) is 0.370. The van der Waals surface area contributed by atoms with Crippen LogP contribution in [0.3, 0.4) is 0 Å². The molecule has 0 bridgehead atoms. The summed E-state index contributed by atoms with van der Waals surface area (Å²) in [5.41, 5.74) is 7.54. The van der Waals surface area contributed by atoms with Crippen molar-refractivity contribution in [3.8, 4) is 0 Å². The fraction of sp³-hybridized carbons (Fsp3) is 0.185. The molecule has 0 heterocycles. The van der Waals surface area contributed by atoms with Gasteiger partial charge in [0, 0.05) is 22.2 Å². The van der Waals surface area contributed by atoms with Gasteiger partial charge in [-0.3, -0.25) is 4.79 Å². The van der Waals surface area contributed by atoms with E-state index in [9.17, 15) is 4.79 Å². The van der Waals surface area contributed by atoms with Crippen molar-refractivity contribution in [3.05, 3.63) is 114 Å². The number of nitrogens with one attached hydrogen (secondary N) is 1. The molecule has 0 saturated heterocycles. The van der Waals surface area contributed by atoms with E-state index in [4.69, 9.17) is 0 Å². The average molecular weight is 382 g/mol. The molecule has 0 aromatic heterocycles. The van der Waals surface area contributed by atoms with Crippen LogP contribution in [0.2, 0.25) is 0 Å². The Labute approximate surface area is 173 Å². The minimum atomic E-state index is -0.403. The molecule has 3 rings (SSSR count). The van der Waals surface area contributed by atoms with Crippen LogP contribution in [-0.4, -0.2) is 5.78 Å². The zero-order valence-electron chi connectivity index (χ0n) is 17.3. The largest absolute Gasteiger partial charge is 0.374 e. The van der Waals surface area contributed by atoms with E-state index in [1.165, 1.54) is 0 Å². The number of Topliss-reactive ketones (excluding diaryl/α,β-unsaturated/α-hetero) is 1. The summed E-state index contributed by atoms with van der Waals surface area (Å²) >= 11 is 0. The van der Waals surface area contributed by atoms with Crippen molar-refractivity contribution in [2.24, 2.45) is 5.41 Å². The first-order valence-electron chi connectivity index (χ1n) is 9.82. The summed E-state index contributed by atoms with van der Waals surface area (Å²) in [4.78, 5) is 12.6. The van der Waals surface area contributed by atoms with E-state index in [0.29, 0.717) is 0 Å². The lowest BCUT2D eigenvalue weighted by atomic mass is 9.85. The van der Waals surface area contributed by atoms with Gasteiger partial charge in [0.25, 0.3) is 0 Å². The summed E-state index contributed by atoms with van der Waals surface area (Å²) in [6, 6.07) is 27.9. The molecular formula is C27H27NO. The van der Waals surface area contributed by atoms with Gasteiger partial charge in [0.15, 0.2) is 5.78 Å². The number of carbonyl (C=O) groups is 1. The number of hydrogen-bond acceptors (Lipinski definition) is 2. The maximum atomic E-state index is 12.6. The first-order chi connectivity index (χ1) is 13.9. The third-order valence-corrected chi connectivity index (χ3v) is 4.84. The Morgan fingerprint density at radius 1 is 0.828 bits per heavy atom. The van der Waals surface area contributed by atoms with Crippen LogP contribution in [0.15, 0.2) is 97.2 Å². The van der Waals surface area contributed by atoms with Crippen molar-refractivity contribution < 1.29 is 4.79 Å². The fourth-order valence-electron chi connectivity index (χ4n) is 3.27. The molecule has 0 amide bonds. The van der Waals surface area contributed by atoms with Crippen molar-refractivity contribution in [1.82, 2.24) is 0 Å². The molecule has 2 nitrogen and oxygen atoms in total. The fourth-order valence-corrected chi connectivity index (χ4v) is 3.27. The van der Waals surface area contributed by atoms with Crippen LogP contribution < -0.4 is 5.32 Å². The molecule has 1 atom stereocenters. The second-order valence-electron chi connectivity index (χ2n) is 8.10. The summed E-state index contributed by atoms with van der Waals surface area (Å²) in [6.07, 6.45) is 0. The second-order valence-corrected chi connectivity index (χ2v) is 8.10. The van der Waals surface area contributed by atoms with E-state index >= 15 is 0 Å². The molecule has 0 spiro atoms. The van der Waals surface area contributed by atoms with Crippen LogP contribution in [0.1, 0.15) is 48.3 Å². The van der Waals surface area contributed by atoms with Gasteiger partial charge < -0.3 is 5.32 Å². The SMILES string of the molecule is C=C=C(c1ccccc1)C(Nc1ccccc1)c1ccc(C(=O)C(C)(C)C)cc1. The zero-order chi connectivity index (χ0) is 20.9. The predicted octanol–water partition coefficient (Wildman–Crippen LogP) is 6.94. The Bertz CT molecular complexity index is 1010. The van der Waals surface area contributed by atoms with Gasteiger partial charge in [0.05, 0.1) is 6.04 Å². The Morgan fingerprint density at radius 2 is 1.38 bits per heavy atom. The summed E-state index contributed by atoms with van der Waals surface area (Å²) in [5, 5.41) is 3.60. The van der Waals surface area contributed by atoms with Gasteiger partial charge in [0.2, 0.25) is 0 Å². The molecule has 0 radical (unpaired) electrons. The number of para-hydroxylation sites is 1. The van der Waals surface area contributed by atoms with Gasteiger partial charge in [-0.05, 0) is 23.3 Å². The summed E-state index contributed by atoms with van der Waals surface area (Å²) in [5.74, 6) is 0.138. The van der Waals surface area contributed by atoms with Crippen molar-refractivity contribution in [3.63, 3.8) is 0 Å². The number of ketones is 1. The van der Waals surface area contributed by atoms with E-state index in [0.717, 1.165) is 28.0 Å². The minimum absolute atomic E-state index is 0.138.